The molecule has 1 aromatic heterocycles. The molecule has 28 heavy (non-hydrogen) atoms. The number of ether oxygens (including phenoxy) is 1. The van der Waals surface area contributed by atoms with E-state index in [0.717, 1.165) is 42.0 Å². The normalized spacial score (nSPS) is 21.9. The number of hydrogen-bond acceptors (Lipinski definition) is 3. The fourth-order valence-corrected chi connectivity index (χ4v) is 4.55. The molecular weight excluding hydrogens is 350 g/mol. The summed E-state index contributed by atoms with van der Waals surface area (Å²) in [5.74, 6) is 1.75. The number of benzene rings is 1. The number of anilines is 1. The Labute approximate surface area is 166 Å². The average molecular weight is 380 g/mol. The Balaban J connectivity index is 1.56. The van der Waals surface area contributed by atoms with Gasteiger partial charge in [-0.3, -0.25) is 9.48 Å². The van der Waals surface area contributed by atoms with E-state index in [2.05, 4.69) is 35.0 Å². The summed E-state index contributed by atoms with van der Waals surface area (Å²) in [5, 5.41) is 4.58. The van der Waals surface area contributed by atoms with Gasteiger partial charge in [-0.15, -0.1) is 0 Å². The van der Waals surface area contributed by atoms with Crippen LogP contribution in [0.2, 0.25) is 0 Å². The van der Waals surface area contributed by atoms with Crippen molar-refractivity contribution in [1.82, 2.24) is 9.78 Å². The third kappa shape index (κ3) is 3.11. The molecule has 0 saturated heterocycles. The van der Waals surface area contributed by atoms with Gasteiger partial charge in [-0.2, -0.15) is 5.10 Å². The summed E-state index contributed by atoms with van der Waals surface area (Å²) in [5.41, 5.74) is 4.44. The van der Waals surface area contributed by atoms with E-state index in [1.807, 2.05) is 11.1 Å². The van der Waals surface area contributed by atoms with E-state index in [4.69, 9.17) is 4.74 Å². The third-order valence-electron chi connectivity index (χ3n) is 6.61. The largest absolute Gasteiger partial charge is 0.492 e. The second-order valence-electron chi connectivity index (χ2n) is 8.76. The van der Waals surface area contributed by atoms with Crippen molar-refractivity contribution in [3.8, 4) is 16.9 Å². The topological polar surface area (TPSA) is 47.4 Å². The first-order valence-electron chi connectivity index (χ1n) is 10.7. The predicted octanol–water partition coefficient (Wildman–Crippen LogP) is 4.75. The lowest BCUT2D eigenvalue weighted by Gasteiger charge is -2.36. The molecule has 1 atom stereocenters. The lowest BCUT2D eigenvalue weighted by atomic mass is 9.86. The lowest BCUT2D eigenvalue weighted by Crippen LogP contribution is -2.40. The molecule has 5 rings (SSSR count). The van der Waals surface area contributed by atoms with Gasteiger partial charge in [0.1, 0.15) is 5.75 Å². The Hall–Kier alpha value is -2.30. The molecule has 0 bridgehead atoms. The SMILES string of the molecule is CC(=O)N1c2ccc(-c3cnn(C4CC4)c3)c(OCC3CCC3)c2CC[C@@H]1C. The molecule has 0 radical (unpaired) electrons. The highest BCUT2D eigenvalue weighted by molar-refractivity contribution is 5.95. The first kappa shape index (κ1) is 17.8. The molecule has 5 heteroatoms. The van der Waals surface area contributed by atoms with E-state index in [1.54, 1.807) is 6.92 Å². The summed E-state index contributed by atoms with van der Waals surface area (Å²) < 4.78 is 8.56. The third-order valence-corrected chi connectivity index (χ3v) is 6.61. The van der Waals surface area contributed by atoms with Crippen LogP contribution in [0.4, 0.5) is 5.69 Å². The summed E-state index contributed by atoms with van der Waals surface area (Å²) in [7, 11) is 0. The molecule has 2 fully saturated rings. The molecule has 0 spiro atoms. The second-order valence-corrected chi connectivity index (χ2v) is 8.76. The molecule has 2 aromatic rings. The van der Waals surface area contributed by atoms with Gasteiger partial charge in [-0.05, 0) is 63.5 Å². The molecule has 2 heterocycles. The van der Waals surface area contributed by atoms with Crippen molar-refractivity contribution < 1.29 is 9.53 Å². The van der Waals surface area contributed by atoms with Gasteiger partial charge in [0.2, 0.25) is 5.91 Å². The highest BCUT2D eigenvalue weighted by Crippen LogP contribution is 2.44. The number of fused-ring (bicyclic) bond motifs is 1. The first-order valence-corrected chi connectivity index (χ1v) is 10.7. The van der Waals surface area contributed by atoms with Gasteiger partial charge >= 0.3 is 0 Å². The molecule has 1 amide bonds. The summed E-state index contributed by atoms with van der Waals surface area (Å²) >= 11 is 0. The summed E-state index contributed by atoms with van der Waals surface area (Å²) in [4.78, 5) is 14.3. The minimum atomic E-state index is 0.104. The van der Waals surface area contributed by atoms with Crippen molar-refractivity contribution in [2.45, 2.75) is 70.9 Å². The van der Waals surface area contributed by atoms with Crippen LogP contribution in [-0.2, 0) is 11.2 Å². The van der Waals surface area contributed by atoms with Gasteiger partial charge in [0, 0.05) is 35.9 Å². The van der Waals surface area contributed by atoms with Gasteiger partial charge in [0.05, 0.1) is 24.5 Å². The maximum absolute atomic E-state index is 12.3. The first-order chi connectivity index (χ1) is 13.6. The summed E-state index contributed by atoms with van der Waals surface area (Å²) in [6.45, 7) is 4.57. The lowest BCUT2D eigenvalue weighted by molar-refractivity contribution is -0.117. The van der Waals surface area contributed by atoms with Crippen molar-refractivity contribution >= 4 is 11.6 Å². The molecule has 5 nitrogen and oxygen atoms in total. The van der Waals surface area contributed by atoms with E-state index >= 15 is 0 Å². The zero-order valence-corrected chi connectivity index (χ0v) is 16.9. The van der Waals surface area contributed by atoms with Crippen LogP contribution in [0, 0.1) is 5.92 Å². The Morgan fingerprint density at radius 2 is 2.04 bits per heavy atom. The Bertz CT molecular complexity index is 895. The molecule has 3 aliphatic rings. The molecule has 2 aliphatic carbocycles. The van der Waals surface area contributed by atoms with Crippen LogP contribution in [0.25, 0.3) is 11.1 Å². The van der Waals surface area contributed by atoms with E-state index in [0.29, 0.717) is 12.0 Å². The van der Waals surface area contributed by atoms with Crippen molar-refractivity contribution in [3.05, 3.63) is 30.1 Å². The highest BCUT2D eigenvalue weighted by atomic mass is 16.5. The van der Waals surface area contributed by atoms with Crippen LogP contribution in [0.15, 0.2) is 24.5 Å². The quantitative estimate of drug-likeness (QED) is 0.753. The Kier molecular flexibility index (Phi) is 4.41. The predicted molar refractivity (Wildman–Crippen MR) is 110 cm³/mol. The van der Waals surface area contributed by atoms with E-state index in [1.165, 1.54) is 37.7 Å². The Morgan fingerprint density at radius 1 is 1.21 bits per heavy atom. The number of rotatable bonds is 5. The van der Waals surface area contributed by atoms with Crippen LogP contribution in [0.5, 0.6) is 5.75 Å². The molecule has 1 aromatic carbocycles. The van der Waals surface area contributed by atoms with Crippen molar-refractivity contribution in [2.24, 2.45) is 5.92 Å². The maximum Gasteiger partial charge on any atom is 0.224 e. The molecular formula is C23H29N3O2. The van der Waals surface area contributed by atoms with Gasteiger partial charge in [0.15, 0.2) is 0 Å². The van der Waals surface area contributed by atoms with E-state index < -0.39 is 0 Å². The minimum Gasteiger partial charge on any atom is -0.492 e. The summed E-state index contributed by atoms with van der Waals surface area (Å²) in [6.07, 6.45) is 12.3. The van der Waals surface area contributed by atoms with Gasteiger partial charge in [-0.1, -0.05) is 6.42 Å². The van der Waals surface area contributed by atoms with Crippen LogP contribution in [-0.4, -0.2) is 28.3 Å². The monoisotopic (exact) mass is 379 g/mol. The van der Waals surface area contributed by atoms with Crippen LogP contribution >= 0.6 is 0 Å². The van der Waals surface area contributed by atoms with Gasteiger partial charge in [-0.25, -0.2) is 0 Å². The fraction of sp³-hybridized carbons (Fsp3) is 0.565. The van der Waals surface area contributed by atoms with Gasteiger partial charge < -0.3 is 9.64 Å². The molecule has 0 N–H and O–H groups in total. The smallest absolute Gasteiger partial charge is 0.224 e. The molecule has 148 valence electrons. The van der Waals surface area contributed by atoms with Crippen molar-refractivity contribution in [2.75, 3.05) is 11.5 Å². The van der Waals surface area contributed by atoms with Crippen molar-refractivity contribution in [1.29, 1.82) is 0 Å². The van der Waals surface area contributed by atoms with E-state index in [9.17, 15) is 4.79 Å². The molecule has 1 aliphatic heterocycles. The van der Waals surface area contributed by atoms with Crippen LogP contribution in [0.1, 0.15) is 64.0 Å². The summed E-state index contributed by atoms with van der Waals surface area (Å²) in [6, 6.07) is 5.02. The molecule has 2 saturated carbocycles. The zero-order valence-electron chi connectivity index (χ0n) is 16.9. The average Bonchev–Trinajstić information content (AvgIpc) is 3.37. The number of amides is 1. The fourth-order valence-electron chi connectivity index (χ4n) is 4.55. The number of carbonyl (C=O) groups is 1. The van der Waals surface area contributed by atoms with Crippen LogP contribution < -0.4 is 9.64 Å². The van der Waals surface area contributed by atoms with Gasteiger partial charge in [0.25, 0.3) is 0 Å². The zero-order chi connectivity index (χ0) is 19.3. The Morgan fingerprint density at radius 3 is 2.71 bits per heavy atom. The number of aromatic nitrogens is 2. The minimum absolute atomic E-state index is 0.104. The van der Waals surface area contributed by atoms with Crippen molar-refractivity contribution in [3.63, 3.8) is 0 Å². The standard InChI is InChI=1S/C23H29N3O2/c1-15-6-9-21-22(26(15)16(2)27)11-10-20(23(21)28-14-17-4-3-5-17)18-12-24-25(13-18)19-7-8-19/h10-13,15,17,19H,3-9,14H2,1-2H3/t15-/m0/s1. The van der Waals surface area contributed by atoms with Crippen LogP contribution in [0.3, 0.4) is 0 Å². The van der Waals surface area contributed by atoms with E-state index in [-0.39, 0.29) is 11.9 Å². The number of hydrogen-bond donors (Lipinski definition) is 0. The molecule has 0 unspecified atom stereocenters. The maximum atomic E-state index is 12.3. The highest BCUT2D eigenvalue weighted by Gasteiger charge is 2.31. The number of carbonyl (C=O) groups excluding carboxylic acids is 1. The second kappa shape index (κ2) is 6.94. The number of nitrogens with zero attached hydrogens (tertiary/aromatic N) is 3.